The number of benzene rings is 1. The number of pyridine rings is 1. The summed E-state index contributed by atoms with van der Waals surface area (Å²) < 4.78 is 32.5. The molecule has 0 saturated heterocycles. The van der Waals surface area contributed by atoms with Crippen molar-refractivity contribution in [2.45, 2.75) is 4.90 Å². The monoisotopic (exact) mass is 342 g/mol. The SMILES string of the molecule is COc1ccccc1NS(=O)(=O)c1cncc(Br)c1. The van der Waals surface area contributed by atoms with Gasteiger partial charge in [-0.05, 0) is 34.1 Å². The van der Waals surface area contributed by atoms with Crippen LogP contribution in [0.4, 0.5) is 5.69 Å². The molecule has 0 radical (unpaired) electrons. The molecular weight excluding hydrogens is 332 g/mol. The molecule has 2 aromatic rings. The molecule has 0 aliphatic carbocycles. The molecule has 2 rings (SSSR count). The van der Waals surface area contributed by atoms with E-state index < -0.39 is 10.0 Å². The van der Waals surface area contributed by atoms with Crippen LogP contribution in [0.15, 0.2) is 52.1 Å². The third-order valence-electron chi connectivity index (χ3n) is 2.34. The molecule has 1 heterocycles. The summed E-state index contributed by atoms with van der Waals surface area (Å²) in [5.41, 5.74) is 0.380. The number of hydrogen-bond acceptors (Lipinski definition) is 4. The fraction of sp³-hybridized carbons (Fsp3) is 0.0833. The average molecular weight is 343 g/mol. The molecule has 1 aromatic carbocycles. The van der Waals surface area contributed by atoms with Gasteiger partial charge in [0.25, 0.3) is 10.0 Å². The van der Waals surface area contributed by atoms with Crippen molar-refractivity contribution in [3.63, 3.8) is 0 Å². The Morgan fingerprint density at radius 1 is 1.26 bits per heavy atom. The zero-order chi connectivity index (χ0) is 13.9. The lowest BCUT2D eigenvalue weighted by molar-refractivity contribution is 0.417. The molecule has 0 spiro atoms. The maximum Gasteiger partial charge on any atom is 0.263 e. The Labute approximate surface area is 119 Å². The Kier molecular flexibility index (Phi) is 4.06. The standard InChI is InChI=1S/C12H11BrN2O3S/c1-18-12-5-3-2-4-11(12)15-19(16,17)10-6-9(13)7-14-8-10/h2-8,15H,1H3. The minimum absolute atomic E-state index is 0.0766. The smallest absolute Gasteiger partial charge is 0.263 e. The van der Waals surface area contributed by atoms with Crippen LogP contribution in [-0.4, -0.2) is 20.5 Å². The fourth-order valence-electron chi connectivity index (χ4n) is 1.47. The zero-order valence-corrected chi connectivity index (χ0v) is 12.4. The summed E-state index contributed by atoms with van der Waals surface area (Å²) >= 11 is 3.19. The molecule has 0 bridgehead atoms. The molecule has 7 heteroatoms. The van der Waals surface area contributed by atoms with Gasteiger partial charge in [0.15, 0.2) is 0 Å². The summed E-state index contributed by atoms with van der Waals surface area (Å²) in [4.78, 5) is 3.91. The first-order valence-electron chi connectivity index (χ1n) is 5.29. The van der Waals surface area contributed by atoms with Gasteiger partial charge in [-0.3, -0.25) is 9.71 Å². The van der Waals surface area contributed by atoms with Crippen molar-refractivity contribution in [3.05, 3.63) is 47.2 Å². The molecular formula is C12H11BrN2O3S. The largest absolute Gasteiger partial charge is 0.495 e. The van der Waals surface area contributed by atoms with E-state index in [0.717, 1.165) is 0 Å². The van der Waals surface area contributed by atoms with Gasteiger partial charge in [0.05, 0.1) is 12.8 Å². The number of methoxy groups -OCH3 is 1. The summed E-state index contributed by atoms with van der Waals surface area (Å²) in [7, 11) is -2.21. The van der Waals surface area contributed by atoms with Crippen LogP contribution in [0.25, 0.3) is 0 Å². The number of sulfonamides is 1. The Bertz CT molecular complexity index is 689. The van der Waals surface area contributed by atoms with Crippen molar-refractivity contribution in [1.82, 2.24) is 4.98 Å². The molecule has 0 amide bonds. The number of anilines is 1. The topological polar surface area (TPSA) is 68.3 Å². The van der Waals surface area contributed by atoms with Crippen molar-refractivity contribution in [1.29, 1.82) is 0 Å². The molecule has 0 atom stereocenters. The van der Waals surface area contributed by atoms with Gasteiger partial charge in [0.2, 0.25) is 0 Å². The summed E-state index contributed by atoms with van der Waals surface area (Å²) in [6, 6.07) is 8.26. The molecule has 0 unspecified atom stereocenters. The van der Waals surface area contributed by atoms with E-state index >= 15 is 0 Å². The predicted molar refractivity (Wildman–Crippen MR) is 75.7 cm³/mol. The molecule has 0 fully saturated rings. The van der Waals surface area contributed by atoms with Gasteiger partial charge in [-0.25, -0.2) is 8.42 Å². The van der Waals surface area contributed by atoms with Crippen molar-refractivity contribution < 1.29 is 13.2 Å². The quantitative estimate of drug-likeness (QED) is 0.927. The van der Waals surface area contributed by atoms with E-state index in [0.29, 0.717) is 15.9 Å². The maximum absolute atomic E-state index is 12.2. The van der Waals surface area contributed by atoms with Crippen molar-refractivity contribution in [3.8, 4) is 5.75 Å². The highest BCUT2D eigenvalue weighted by Crippen LogP contribution is 2.26. The predicted octanol–water partition coefficient (Wildman–Crippen LogP) is 2.65. The Hall–Kier alpha value is -1.60. The van der Waals surface area contributed by atoms with Gasteiger partial charge >= 0.3 is 0 Å². The van der Waals surface area contributed by atoms with E-state index in [1.807, 2.05) is 0 Å². The van der Waals surface area contributed by atoms with Gasteiger partial charge in [0.1, 0.15) is 10.6 Å². The molecule has 100 valence electrons. The number of hydrogen-bond donors (Lipinski definition) is 1. The van der Waals surface area contributed by atoms with Crippen LogP contribution < -0.4 is 9.46 Å². The van der Waals surface area contributed by atoms with E-state index in [1.165, 1.54) is 25.6 Å². The van der Waals surface area contributed by atoms with E-state index in [9.17, 15) is 8.42 Å². The third-order valence-corrected chi connectivity index (χ3v) is 4.11. The second kappa shape index (κ2) is 5.58. The molecule has 0 saturated carbocycles. The first-order valence-corrected chi connectivity index (χ1v) is 7.57. The summed E-state index contributed by atoms with van der Waals surface area (Å²) in [5.74, 6) is 0.453. The van der Waals surface area contributed by atoms with E-state index in [-0.39, 0.29) is 4.90 Å². The second-order valence-corrected chi connectivity index (χ2v) is 6.24. The number of nitrogens with one attached hydrogen (secondary N) is 1. The minimum Gasteiger partial charge on any atom is -0.495 e. The molecule has 0 aliphatic heterocycles. The molecule has 19 heavy (non-hydrogen) atoms. The lowest BCUT2D eigenvalue weighted by atomic mass is 10.3. The van der Waals surface area contributed by atoms with Crippen molar-refractivity contribution >= 4 is 31.6 Å². The Morgan fingerprint density at radius 3 is 2.68 bits per heavy atom. The van der Waals surface area contributed by atoms with Crippen LogP contribution in [0.2, 0.25) is 0 Å². The summed E-state index contributed by atoms with van der Waals surface area (Å²) in [6.07, 6.45) is 2.80. The minimum atomic E-state index is -3.69. The number of nitrogens with zero attached hydrogens (tertiary/aromatic N) is 1. The highest BCUT2D eigenvalue weighted by molar-refractivity contribution is 9.10. The summed E-state index contributed by atoms with van der Waals surface area (Å²) in [5, 5.41) is 0. The number of rotatable bonds is 4. The van der Waals surface area contributed by atoms with Crippen LogP contribution in [0.5, 0.6) is 5.75 Å². The van der Waals surface area contributed by atoms with E-state index in [2.05, 4.69) is 25.6 Å². The normalized spacial score (nSPS) is 11.1. The van der Waals surface area contributed by atoms with Crippen molar-refractivity contribution in [2.24, 2.45) is 0 Å². The van der Waals surface area contributed by atoms with Crippen LogP contribution >= 0.6 is 15.9 Å². The van der Waals surface area contributed by atoms with E-state index in [4.69, 9.17) is 4.74 Å². The molecule has 5 nitrogen and oxygen atoms in total. The highest BCUT2D eigenvalue weighted by Gasteiger charge is 2.16. The molecule has 1 aromatic heterocycles. The van der Waals surface area contributed by atoms with Gasteiger partial charge in [-0.1, -0.05) is 12.1 Å². The van der Waals surface area contributed by atoms with E-state index in [1.54, 1.807) is 24.3 Å². The van der Waals surface area contributed by atoms with Crippen LogP contribution in [0.3, 0.4) is 0 Å². The first kappa shape index (κ1) is 13.8. The number of aromatic nitrogens is 1. The zero-order valence-electron chi connectivity index (χ0n) is 10.00. The van der Waals surface area contributed by atoms with Crippen LogP contribution in [-0.2, 0) is 10.0 Å². The lowest BCUT2D eigenvalue weighted by Crippen LogP contribution is -2.13. The van der Waals surface area contributed by atoms with Gasteiger partial charge in [0, 0.05) is 16.9 Å². The van der Waals surface area contributed by atoms with Gasteiger partial charge in [-0.15, -0.1) is 0 Å². The number of para-hydroxylation sites is 2. The molecule has 0 aliphatic rings. The fourth-order valence-corrected chi connectivity index (χ4v) is 3.05. The first-order chi connectivity index (χ1) is 9.03. The third kappa shape index (κ3) is 3.24. The number of ether oxygens (including phenoxy) is 1. The van der Waals surface area contributed by atoms with Gasteiger partial charge < -0.3 is 4.74 Å². The van der Waals surface area contributed by atoms with Crippen LogP contribution in [0.1, 0.15) is 0 Å². The second-order valence-electron chi connectivity index (χ2n) is 3.64. The lowest BCUT2D eigenvalue weighted by Gasteiger charge is -2.11. The maximum atomic E-state index is 12.2. The van der Waals surface area contributed by atoms with Crippen molar-refractivity contribution in [2.75, 3.05) is 11.8 Å². The number of halogens is 1. The highest BCUT2D eigenvalue weighted by atomic mass is 79.9. The Balaban J connectivity index is 2.37. The van der Waals surface area contributed by atoms with Gasteiger partial charge in [-0.2, -0.15) is 0 Å². The molecule has 1 N–H and O–H groups in total. The average Bonchev–Trinajstić information content (AvgIpc) is 2.39. The van der Waals surface area contributed by atoms with Crippen LogP contribution in [0, 0.1) is 0 Å². The summed E-state index contributed by atoms with van der Waals surface area (Å²) in [6.45, 7) is 0. The Morgan fingerprint density at radius 2 is 2.00 bits per heavy atom.